The molecule has 0 unspecified atom stereocenters. The summed E-state index contributed by atoms with van der Waals surface area (Å²) in [5.74, 6) is 1.26. The summed E-state index contributed by atoms with van der Waals surface area (Å²) in [4.78, 5) is 22.0. The molecule has 118 valence electrons. The van der Waals surface area contributed by atoms with Crippen LogP contribution in [0.4, 0.5) is 0 Å². The number of amides is 1. The van der Waals surface area contributed by atoms with Crippen LogP contribution in [-0.4, -0.2) is 52.0 Å². The molecule has 3 heterocycles. The van der Waals surface area contributed by atoms with E-state index in [1.54, 1.807) is 11.7 Å². The van der Waals surface area contributed by atoms with Crippen molar-refractivity contribution in [1.29, 1.82) is 0 Å². The first-order chi connectivity index (χ1) is 10.6. The van der Waals surface area contributed by atoms with Gasteiger partial charge in [0.15, 0.2) is 5.76 Å². The minimum absolute atomic E-state index is 0.116. The average molecular weight is 320 g/mol. The van der Waals surface area contributed by atoms with Crippen LogP contribution >= 0.6 is 11.3 Å². The smallest absolute Gasteiger partial charge is 0.265 e. The highest BCUT2D eigenvalue weighted by Gasteiger charge is 2.26. The molecule has 0 saturated carbocycles. The molecule has 1 fully saturated rings. The monoisotopic (exact) mass is 320 g/mol. The van der Waals surface area contributed by atoms with E-state index in [9.17, 15) is 4.79 Å². The lowest BCUT2D eigenvalue weighted by atomic mass is 10.1. The maximum atomic E-state index is 12.7. The van der Waals surface area contributed by atoms with Crippen molar-refractivity contribution in [3.05, 3.63) is 34.1 Å². The van der Waals surface area contributed by atoms with Gasteiger partial charge in [-0.05, 0) is 5.92 Å². The van der Waals surface area contributed by atoms with Crippen molar-refractivity contribution in [1.82, 2.24) is 19.9 Å². The molecule has 22 heavy (non-hydrogen) atoms. The lowest BCUT2D eigenvalue weighted by molar-refractivity contribution is 0.0620. The number of aromatic nitrogens is 2. The topological polar surface area (TPSA) is 62.5 Å². The van der Waals surface area contributed by atoms with Crippen molar-refractivity contribution < 1.29 is 9.32 Å². The second-order valence-electron chi connectivity index (χ2n) is 5.77. The second kappa shape index (κ2) is 6.58. The molecule has 0 aromatic carbocycles. The van der Waals surface area contributed by atoms with Crippen LogP contribution in [0.3, 0.4) is 0 Å². The van der Waals surface area contributed by atoms with Crippen LogP contribution in [0, 0.1) is 0 Å². The molecule has 6 nitrogen and oxygen atoms in total. The highest BCUT2D eigenvalue weighted by atomic mass is 32.1. The van der Waals surface area contributed by atoms with Gasteiger partial charge in [0.05, 0.1) is 23.9 Å². The molecule has 3 rings (SSSR count). The van der Waals surface area contributed by atoms with Gasteiger partial charge >= 0.3 is 0 Å². The number of carbonyl (C=O) groups is 1. The zero-order valence-electron chi connectivity index (χ0n) is 12.9. The highest BCUT2D eigenvalue weighted by Crippen LogP contribution is 2.23. The molecule has 1 aliphatic heterocycles. The maximum Gasteiger partial charge on any atom is 0.265 e. The summed E-state index contributed by atoms with van der Waals surface area (Å²) in [7, 11) is 0. The van der Waals surface area contributed by atoms with Crippen molar-refractivity contribution in [2.45, 2.75) is 26.3 Å². The van der Waals surface area contributed by atoms with E-state index >= 15 is 0 Å². The Bertz CT molecular complexity index is 615. The minimum atomic E-state index is 0.116. The molecule has 1 aliphatic rings. The number of rotatable bonds is 4. The molecule has 0 bridgehead atoms. The van der Waals surface area contributed by atoms with E-state index in [1.165, 1.54) is 11.3 Å². The fourth-order valence-corrected chi connectivity index (χ4v) is 3.53. The van der Waals surface area contributed by atoms with Gasteiger partial charge in [0.2, 0.25) is 0 Å². The third-order valence-electron chi connectivity index (χ3n) is 3.87. The summed E-state index contributed by atoms with van der Waals surface area (Å²) >= 11 is 1.45. The van der Waals surface area contributed by atoms with E-state index in [4.69, 9.17) is 4.52 Å². The second-order valence-corrected chi connectivity index (χ2v) is 6.62. The Labute approximate surface area is 133 Å². The number of hydrogen-bond donors (Lipinski definition) is 0. The summed E-state index contributed by atoms with van der Waals surface area (Å²) in [6.45, 7) is 8.07. The van der Waals surface area contributed by atoms with Gasteiger partial charge < -0.3 is 9.42 Å². The lowest BCUT2D eigenvalue weighted by Crippen LogP contribution is -2.48. The summed E-state index contributed by atoms with van der Waals surface area (Å²) < 4.78 is 5.13. The Balaban J connectivity index is 1.59. The van der Waals surface area contributed by atoms with Crippen molar-refractivity contribution in [2.75, 3.05) is 26.2 Å². The van der Waals surface area contributed by atoms with Crippen molar-refractivity contribution in [3.63, 3.8) is 0 Å². The highest BCUT2D eigenvalue weighted by molar-refractivity contribution is 7.11. The Kier molecular flexibility index (Phi) is 4.54. The molecule has 2 aromatic heterocycles. The molecule has 2 aromatic rings. The standard InChI is InChI=1S/C15H20N4O2S/c1-11(2)13-14(22-10-16-13)15(20)19-7-5-18(6-8-19)9-12-3-4-17-21-12/h3-4,10-11H,5-9H2,1-2H3. The number of nitrogens with zero attached hydrogens (tertiary/aromatic N) is 4. The Hall–Kier alpha value is -1.73. The Morgan fingerprint density at radius 2 is 2.14 bits per heavy atom. The maximum absolute atomic E-state index is 12.7. The van der Waals surface area contributed by atoms with Gasteiger partial charge in [0.25, 0.3) is 5.91 Å². The van der Waals surface area contributed by atoms with E-state index < -0.39 is 0 Å². The first-order valence-corrected chi connectivity index (χ1v) is 8.37. The predicted octanol–water partition coefficient (Wildman–Crippen LogP) is 2.21. The fraction of sp³-hybridized carbons (Fsp3) is 0.533. The van der Waals surface area contributed by atoms with Crippen molar-refractivity contribution >= 4 is 17.2 Å². The SMILES string of the molecule is CC(C)c1ncsc1C(=O)N1CCN(Cc2ccno2)CC1. The van der Waals surface area contributed by atoms with Crippen LogP contribution in [0.15, 0.2) is 22.3 Å². The number of piperazine rings is 1. The van der Waals surface area contributed by atoms with Crippen LogP contribution in [0.2, 0.25) is 0 Å². The van der Waals surface area contributed by atoms with Gasteiger partial charge in [-0.3, -0.25) is 9.69 Å². The quantitative estimate of drug-likeness (QED) is 0.864. The molecule has 7 heteroatoms. The summed E-state index contributed by atoms with van der Waals surface area (Å²) in [6.07, 6.45) is 1.66. The third-order valence-corrected chi connectivity index (χ3v) is 4.70. The predicted molar refractivity (Wildman–Crippen MR) is 83.9 cm³/mol. The van der Waals surface area contributed by atoms with Gasteiger partial charge in [0, 0.05) is 32.2 Å². The fourth-order valence-electron chi connectivity index (χ4n) is 2.62. The molecule has 0 N–H and O–H groups in total. The van der Waals surface area contributed by atoms with Gasteiger partial charge in [-0.1, -0.05) is 19.0 Å². The van der Waals surface area contributed by atoms with Crippen LogP contribution in [0.1, 0.15) is 40.9 Å². The van der Waals surface area contributed by atoms with Gasteiger partial charge in [-0.25, -0.2) is 4.98 Å². The first kappa shape index (κ1) is 15.2. The Morgan fingerprint density at radius 1 is 1.36 bits per heavy atom. The summed E-state index contributed by atoms with van der Waals surface area (Å²) in [5, 5.41) is 3.72. The largest absolute Gasteiger partial charge is 0.360 e. The van der Waals surface area contributed by atoms with Crippen LogP contribution in [0.25, 0.3) is 0 Å². The number of carbonyl (C=O) groups excluding carboxylic acids is 1. The van der Waals surface area contributed by atoms with E-state index in [-0.39, 0.29) is 11.8 Å². The van der Waals surface area contributed by atoms with Gasteiger partial charge in [0.1, 0.15) is 4.88 Å². The number of hydrogen-bond acceptors (Lipinski definition) is 6. The molecule has 0 spiro atoms. The lowest BCUT2D eigenvalue weighted by Gasteiger charge is -2.34. The molecule has 0 atom stereocenters. The van der Waals surface area contributed by atoms with Crippen LogP contribution in [-0.2, 0) is 6.54 Å². The normalized spacial score (nSPS) is 16.4. The zero-order valence-corrected chi connectivity index (χ0v) is 13.7. The molecular formula is C15H20N4O2S. The van der Waals surface area contributed by atoms with Crippen molar-refractivity contribution in [2.24, 2.45) is 0 Å². The van der Waals surface area contributed by atoms with Crippen molar-refractivity contribution in [3.8, 4) is 0 Å². The molecule has 1 saturated heterocycles. The van der Waals surface area contributed by atoms with Gasteiger partial charge in [-0.15, -0.1) is 11.3 Å². The third kappa shape index (κ3) is 3.20. The number of thiazole rings is 1. The molecule has 0 radical (unpaired) electrons. The minimum Gasteiger partial charge on any atom is -0.360 e. The van der Waals surface area contributed by atoms with E-state index in [1.807, 2.05) is 11.0 Å². The van der Waals surface area contributed by atoms with Crippen LogP contribution in [0.5, 0.6) is 0 Å². The Morgan fingerprint density at radius 3 is 2.77 bits per heavy atom. The first-order valence-electron chi connectivity index (χ1n) is 7.49. The van der Waals surface area contributed by atoms with Gasteiger partial charge in [-0.2, -0.15) is 0 Å². The molecule has 1 amide bonds. The van der Waals surface area contributed by atoms with E-state index in [2.05, 4.69) is 28.9 Å². The van der Waals surface area contributed by atoms with E-state index in [0.29, 0.717) is 0 Å². The average Bonchev–Trinajstić information content (AvgIpc) is 3.18. The van der Waals surface area contributed by atoms with Crippen LogP contribution < -0.4 is 0 Å². The molecular weight excluding hydrogens is 300 g/mol. The van der Waals surface area contributed by atoms with E-state index in [0.717, 1.165) is 49.1 Å². The molecule has 0 aliphatic carbocycles. The summed E-state index contributed by atoms with van der Waals surface area (Å²) in [6, 6.07) is 1.88. The zero-order chi connectivity index (χ0) is 15.5. The summed E-state index contributed by atoms with van der Waals surface area (Å²) in [5.41, 5.74) is 2.68.